The highest BCUT2D eigenvalue weighted by Gasteiger charge is 2.16. The number of imidazole rings is 1. The number of aliphatic hydroxyl groups excluding tert-OH is 1. The topological polar surface area (TPSA) is 94.1 Å². The summed E-state index contributed by atoms with van der Waals surface area (Å²) in [6.07, 6.45) is 0.721. The zero-order chi connectivity index (χ0) is 18.1. The van der Waals surface area contributed by atoms with Crippen molar-refractivity contribution in [2.45, 2.75) is 12.6 Å². The molecule has 9 heteroatoms. The fourth-order valence-corrected chi connectivity index (χ4v) is 3.08. The Bertz CT molecular complexity index is 1040. The summed E-state index contributed by atoms with van der Waals surface area (Å²) < 4.78 is 4.83. The number of anilines is 1. The number of para-hydroxylation sites is 1. The van der Waals surface area contributed by atoms with Gasteiger partial charge in [0.05, 0.1) is 19.0 Å². The fourth-order valence-electron chi connectivity index (χ4n) is 2.66. The molecule has 0 saturated carbocycles. The molecule has 2 heterocycles. The molecule has 3 aromatic rings. The van der Waals surface area contributed by atoms with E-state index in [1.807, 2.05) is 24.3 Å². The number of nitrogens with one attached hydrogen (secondary N) is 1. The first-order chi connectivity index (χ1) is 11.9. The second kappa shape index (κ2) is 6.85. The second-order valence-electron chi connectivity index (χ2n) is 5.79. The molecule has 0 saturated heterocycles. The molecule has 0 bridgehead atoms. The van der Waals surface area contributed by atoms with Crippen LogP contribution in [-0.2, 0) is 20.6 Å². The molecule has 8 nitrogen and oxygen atoms in total. The number of benzene rings is 1. The predicted octanol–water partition coefficient (Wildman–Crippen LogP) is 0.669. The van der Waals surface area contributed by atoms with E-state index in [4.69, 9.17) is 0 Å². The van der Waals surface area contributed by atoms with Gasteiger partial charge in [-0.25, -0.2) is 9.78 Å². The van der Waals surface area contributed by atoms with E-state index in [1.54, 1.807) is 11.6 Å². The Labute approximate surface area is 151 Å². The first kappa shape index (κ1) is 17.4. The standard InChI is InChI=1S/C16H18BrN5O3/c1-20-14-13(15(24)21(2)16(20)25)22(9-19-14)8-10(23)7-18-12-6-4-3-5-11(12)17/h3-6,9-10,18,23H,7-8H2,1-2H3. The van der Waals surface area contributed by atoms with Gasteiger partial charge < -0.3 is 15.0 Å². The summed E-state index contributed by atoms with van der Waals surface area (Å²) in [7, 11) is 2.98. The maximum atomic E-state index is 12.4. The largest absolute Gasteiger partial charge is 0.389 e. The van der Waals surface area contributed by atoms with Crippen LogP contribution in [-0.4, -0.2) is 36.4 Å². The number of rotatable bonds is 5. The summed E-state index contributed by atoms with van der Waals surface area (Å²) in [5, 5.41) is 13.5. The van der Waals surface area contributed by atoms with Crippen molar-refractivity contribution >= 4 is 32.8 Å². The molecule has 3 rings (SSSR count). The predicted molar refractivity (Wildman–Crippen MR) is 98.9 cm³/mol. The number of aromatic nitrogens is 4. The zero-order valence-electron chi connectivity index (χ0n) is 13.8. The quantitative estimate of drug-likeness (QED) is 0.648. The number of hydrogen-bond acceptors (Lipinski definition) is 5. The Morgan fingerprint density at radius 1 is 1.24 bits per heavy atom. The molecule has 1 atom stereocenters. The van der Waals surface area contributed by atoms with Gasteiger partial charge in [0.25, 0.3) is 5.56 Å². The molecule has 0 spiro atoms. The molecule has 0 aliphatic heterocycles. The van der Waals surface area contributed by atoms with E-state index in [9.17, 15) is 14.7 Å². The summed E-state index contributed by atoms with van der Waals surface area (Å²) in [4.78, 5) is 28.5. The third kappa shape index (κ3) is 3.24. The highest BCUT2D eigenvalue weighted by atomic mass is 79.9. The van der Waals surface area contributed by atoms with Crippen molar-refractivity contribution < 1.29 is 5.11 Å². The van der Waals surface area contributed by atoms with Crippen LogP contribution in [0.5, 0.6) is 0 Å². The van der Waals surface area contributed by atoms with Gasteiger partial charge in [-0.05, 0) is 28.1 Å². The first-order valence-electron chi connectivity index (χ1n) is 7.67. The van der Waals surface area contributed by atoms with Crippen LogP contribution in [0.4, 0.5) is 5.69 Å². The summed E-state index contributed by atoms with van der Waals surface area (Å²) in [5.74, 6) is 0. The van der Waals surface area contributed by atoms with E-state index in [2.05, 4.69) is 26.2 Å². The number of aryl methyl sites for hydroxylation is 1. The lowest BCUT2D eigenvalue weighted by Crippen LogP contribution is -2.38. The van der Waals surface area contributed by atoms with Gasteiger partial charge in [0.2, 0.25) is 0 Å². The molecule has 1 aromatic carbocycles. The molecule has 2 aromatic heterocycles. The molecular weight excluding hydrogens is 390 g/mol. The van der Waals surface area contributed by atoms with Crippen molar-refractivity contribution in [2.24, 2.45) is 14.1 Å². The number of halogens is 1. The molecule has 0 aliphatic rings. The molecular formula is C16H18BrN5O3. The van der Waals surface area contributed by atoms with Crippen molar-refractivity contribution in [1.82, 2.24) is 18.7 Å². The Morgan fingerprint density at radius 2 is 1.96 bits per heavy atom. The maximum absolute atomic E-state index is 12.4. The monoisotopic (exact) mass is 407 g/mol. The molecule has 25 heavy (non-hydrogen) atoms. The van der Waals surface area contributed by atoms with Gasteiger partial charge in [-0.3, -0.25) is 13.9 Å². The SMILES string of the molecule is Cn1c(=O)c2c(ncn2CC(O)CNc2ccccc2Br)n(C)c1=O. The molecule has 0 amide bonds. The van der Waals surface area contributed by atoms with E-state index in [-0.39, 0.29) is 6.54 Å². The Balaban J connectivity index is 1.83. The maximum Gasteiger partial charge on any atom is 0.332 e. The van der Waals surface area contributed by atoms with Crippen LogP contribution in [0, 0.1) is 0 Å². The van der Waals surface area contributed by atoms with Gasteiger partial charge in [0.1, 0.15) is 0 Å². The molecule has 0 fully saturated rings. The van der Waals surface area contributed by atoms with Crippen LogP contribution in [0.2, 0.25) is 0 Å². The lowest BCUT2D eigenvalue weighted by molar-refractivity contribution is 0.168. The van der Waals surface area contributed by atoms with E-state index < -0.39 is 17.4 Å². The minimum absolute atomic E-state index is 0.182. The molecule has 2 N–H and O–H groups in total. The number of fused-ring (bicyclic) bond motifs is 1. The van der Waals surface area contributed by atoms with Crippen LogP contribution in [0.25, 0.3) is 11.2 Å². The summed E-state index contributed by atoms with van der Waals surface area (Å²) in [6, 6.07) is 7.60. The average molecular weight is 408 g/mol. The minimum Gasteiger partial charge on any atom is -0.389 e. The van der Waals surface area contributed by atoms with Crippen LogP contribution < -0.4 is 16.6 Å². The van der Waals surface area contributed by atoms with Gasteiger partial charge in [-0.15, -0.1) is 0 Å². The molecule has 1 unspecified atom stereocenters. The number of hydrogen-bond donors (Lipinski definition) is 2. The first-order valence-corrected chi connectivity index (χ1v) is 8.46. The Kier molecular flexibility index (Phi) is 4.78. The summed E-state index contributed by atoms with van der Waals surface area (Å²) in [5.41, 5.74) is 0.611. The van der Waals surface area contributed by atoms with E-state index in [0.29, 0.717) is 17.7 Å². The van der Waals surface area contributed by atoms with Gasteiger partial charge in [-0.1, -0.05) is 12.1 Å². The molecule has 132 valence electrons. The molecule has 0 aliphatic carbocycles. The smallest absolute Gasteiger partial charge is 0.332 e. The van der Waals surface area contributed by atoms with Gasteiger partial charge in [0, 0.05) is 30.8 Å². The summed E-state index contributed by atoms with van der Waals surface area (Å²) >= 11 is 3.44. The van der Waals surface area contributed by atoms with Gasteiger partial charge in [0.15, 0.2) is 11.2 Å². The summed E-state index contributed by atoms with van der Waals surface area (Å²) in [6.45, 7) is 0.482. The van der Waals surface area contributed by atoms with Crippen LogP contribution >= 0.6 is 15.9 Å². The lowest BCUT2D eigenvalue weighted by atomic mass is 10.3. The Hall–Kier alpha value is -2.39. The van der Waals surface area contributed by atoms with Crippen molar-refractivity contribution in [2.75, 3.05) is 11.9 Å². The van der Waals surface area contributed by atoms with Crippen molar-refractivity contribution in [3.63, 3.8) is 0 Å². The highest BCUT2D eigenvalue weighted by molar-refractivity contribution is 9.10. The minimum atomic E-state index is -0.744. The van der Waals surface area contributed by atoms with E-state index >= 15 is 0 Å². The van der Waals surface area contributed by atoms with E-state index in [0.717, 1.165) is 14.7 Å². The third-order valence-electron chi connectivity index (χ3n) is 4.03. The van der Waals surface area contributed by atoms with Crippen LogP contribution in [0.15, 0.2) is 44.7 Å². The van der Waals surface area contributed by atoms with Gasteiger partial charge >= 0.3 is 5.69 Å². The van der Waals surface area contributed by atoms with Crippen molar-refractivity contribution in [3.05, 3.63) is 55.9 Å². The normalized spacial score (nSPS) is 12.5. The van der Waals surface area contributed by atoms with Crippen molar-refractivity contribution in [1.29, 1.82) is 0 Å². The number of aliphatic hydroxyl groups is 1. The van der Waals surface area contributed by atoms with Crippen LogP contribution in [0.3, 0.4) is 0 Å². The number of nitrogens with zero attached hydrogens (tertiary/aromatic N) is 4. The second-order valence-corrected chi connectivity index (χ2v) is 6.64. The highest BCUT2D eigenvalue weighted by Crippen LogP contribution is 2.21. The average Bonchev–Trinajstić information content (AvgIpc) is 3.01. The zero-order valence-corrected chi connectivity index (χ0v) is 15.4. The lowest BCUT2D eigenvalue weighted by Gasteiger charge is -2.15. The van der Waals surface area contributed by atoms with Gasteiger partial charge in [-0.2, -0.15) is 0 Å². The Morgan fingerprint density at radius 3 is 2.68 bits per heavy atom. The third-order valence-corrected chi connectivity index (χ3v) is 4.72. The van der Waals surface area contributed by atoms with Crippen LogP contribution in [0.1, 0.15) is 0 Å². The molecule has 0 radical (unpaired) electrons. The fraction of sp³-hybridized carbons (Fsp3) is 0.312. The van der Waals surface area contributed by atoms with E-state index in [1.165, 1.54) is 17.9 Å². The van der Waals surface area contributed by atoms with Crippen molar-refractivity contribution in [3.8, 4) is 0 Å².